The van der Waals surface area contributed by atoms with Gasteiger partial charge in [0.2, 0.25) is 0 Å². The monoisotopic (exact) mass is 257 g/mol. The maximum absolute atomic E-state index is 12.2. The molecular formula is C13H23NO4. The van der Waals surface area contributed by atoms with Crippen molar-refractivity contribution in [3.8, 4) is 0 Å². The maximum Gasteiger partial charge on any atom is 0.252 e. The fourth-order valence-corrected chi connectivity index (χ4v) is 3.40. The first-order valence-electron chi connectivity index (χ1n) is 6.83. The van der Waals surface area contributed by atoms with E-state index in [9.17, 15) is 15.0 Å². The van der Waals surface area contributed by atoms with E-state index in [4.69, 9.17) is 5.11 Å². The van der Waals surface area contributed by atoms with Crippen LogP contribution >= 0.6 is 0 Å². The zero-order valence-electron chi connectivity index (χ0n) is 10.8. The Kier molecular flexibility index (Phi) is 3.94. The number of amides is 1. The van der Waals surface area contributed by atoms with E-state index in [-0.39, 0.29) is 24.3 Å². The molecule has 0 saturated heterocycles. The van der Waals surface area contributed by atoms with Gasteiger partial charge in [0.15, 0.2) is 0 Å². The summed E-state index contributed by atoms with van der Waals surface area (Å²) >= 11 is 0. The minimum atomic E-state index is -1.25. The molecule has 2 rings (SSSR count). The molecule has 2 bridgehead atoms. The highest BCUT2D eigenvalue weighted by atomic mass is 16.3. The second-order valence-electron chi connectivity index (χ2n) is 5.75. The van der Waals surface area contributed by atoms with E-state index in [1.54, 1.807) is 0 Å². The van der Waals surface area contributed by atoms with E-state index in [2.05, 4.69) is 5.32 Å². The predicted molar refractivity (Wildman–Crippen MR) is 65.7 cm³/mol. The van der Waals surface area contributed by atoms with Gasteiger partial charge in [-0.15, -0.1) is 0 Å². The molecule has 2 aliphatic rings. The SMILES string of the molecule is CC(O)C(O)CNC(=O)[C@@]1(O)C2CCC[C@@H]1CC2. The van der Waals surface area contributed by atoms with Crippen molar-refractivity contribution in [2.24, 2.45) is 11.8 Å². The Bertz CT molecular complexity index is 302. The van der Waals surface area contributed by atoms with Gasteiger partial charge in [0.05, 0.1) is 12.2 Å². The molecule has 2 fully saturated rings. The van der Waals surface area contributed by atoms with E-state index in [1.165, 1.54) is 6.92 Å². The molecule has 0 aromatic heterocycles. The molecule has 1 amide bonds. The summed E-state index contributed by atoms with van der Waals surface area (Å²) in [6.45, 7) is 1.45. The third kappa shape index (κ3) is 2.27. The molecule has 4 N–H and O–H groups in total. The lowest BCUT2D eigenvalue weighted by Gasteiger charge is -2.38. The molecule has 3 unspecified atom stereocenters. The van der Waals surface area contributed by atoms with Crippen LogP contribution in [0.1, 0.15) is 39.0 Å². The second kappa shape index (κ2) is 5.15. The van der Waals surface area contributed by atoms with Crippen molar-refractivity contribution in [2.75, 3.05) is 6.54 Å². The van der Waals surface area contributed by atoms with Crippen LogP contribution in [0, 0.1) is 11.8 Å². The molecule has 2 saturated carbocycles. The molecule has 0 aromatic rings. The Balaban J connectivity index is 1.96. The van der Waals surface area contributed by atoms with Crippen molar-refractivity contribution < 1.29 is 20.1 Å². The van der Waals surface area contributed by atoms with Crippen LogP contribution in [0.25, 0.3) is 0 Å². The summed E-state index contributed by atoms with van der Waals surface area (Å²) in [6, 6.07) is 0. The van der Waals surface area contributed by atoms with Crippen molar-refractivity contribution in [1.29, 1.82) is 0 Å². The standard InChI is InChI=1S/C13H23NO4/c1-8(15)11(16)7-14-12(17)13(18)9-3-2-4-10(13)6-5-9/h8-11,15-16,18H,2-7H2,1H3,(H,14,17)/t8?,9-,10?,11?,13+/m1/s1. The second-order valence-corrected chi connectivity index (χ2v) is 5.75. The van der Waals surface area contributed by atoms with Crippen LogP contribution in [0.4, 0.5) is 0 Å². The van der Waals surface area contributed by atoms with Crippen LogP contribution < -0.4 is 5.32 Å². The number of hydrogen-bond acceptors (Lipinski definition) is 4. The fraction of sp³-hybridized carbons (Fsp3) is 0.923. The predicted octanol–water partition coefficient (Wildman–Crippen LogP) is -0.215. The van der Waals surface area contributed by atoms with Crippen molar-refractivity contribution in [3.63, 3.8) is 0 Å². The average molecular weight is 257 g/mol. The first-order valence-corrected chi connectivity index (χ1v) is 6.83. The Labute approximate surface area is 107 Å². The quantitative estimate of drug-likeness (QED) is 0.561. The smallest absolute Gasteiger partial charge is 0.252 e. The minimum Gasteiger partial charge on any atom is -0.391 e. The summed E-state index contributed by atoms with van der Waals surface area (Å²) in [7, 11) is 0. The van der Waals surface area contributed by atoms with Crippen LogP contribution in [0.15, 0.2) is 0 Å². The molecule has 0 aliphatic heterocycles. The lowest BCUT2D eigenvalue weighted by molar-refractivity contribution is -0.153. The van der Waals surface area contributed by atoms with Crippen LogP contribution in [0.3, 0.4) is 0 Å². The average Bonchev–Trinajstić information content (AvgIpc) is 2.56. The minimum absolute atomic E-state index is 0.0156. The zero-order chi connectivity index (χ0) is 13.3. The molecular weight excluding hydrogens is 234 g/mol. The molecule has 5 atom stereocenters. The van der Waals surface area contributed by atoms with Gasteiger partial charge < -0.3 is 20.6 Å². The molecule has 18 heavy (non-hydrogen) atoms. The summed E-state index contributed by atoms with van der Waals surface area (Å²) < 4.78 is 0. The molecule has 104 valence electrons. The van der Waals surface area contributed by atoms with Gasteiger partial charge in [-0.05, 0) is 44.4 Å². The Morgan fingerprint density at radius 3 is 2.33 bits per heavy atom. The summed E-state index contributed by atoms with van der Waals surface area (Å²) in [4.78, 5) is 12.2. The Morgan fingerprint density at radius 2 is 1.83 bits per heavy atom. The lowest BCUT2D eigenvalue weighted by Crippen LogP contribution is -2.56. The summed E-state index contributed by atoms with van der Waals surface area (Å²) in [5.74, 6) is -0.269. The summed E-state index contributed by atoms with van der Waals surface area (Å²) in [6.07, 6.45) is 2.84. The van der Waals surface area contributed by atoms with Gasteiger partial charge in [-0.2, -0.15) is 0 Å². The number of aliphatic hydroxyl groups is 3. The van der Waals surface area contributed by atoms with Crippen LogP contribution in [0.2, 0.25) is 0 Å². The number of rotatable bonds is 4. The third-order valence-corrected chi connectivity index (χ3v) is 4.61. The van der Waals surface area contributed by atoms with Crippen molar-refractivity contribution in [3.05, 3.63) is 0 Å². The summed E-state index contributed by atoms with van der Waals surface area (Å²) in [5.41, 5.74) is -1.25. The van der Waals surface area contributed by atoms with Crippen LogP contribution in [0.5, 0.6) is 0 Å². The molecule has 5 heteroatoms. The Morgan fingerprint density at radius 1 is 1.28 bits per heavy atom. The first kappa shape index (κ1) is 13.8. The summed E-state index contributed by atoms with van der Waals surface area (Å²) in [5, 5.41) is 31.8. The van der Waals surface area contributed by atoms with E-state index < -0.39 is 17.8 Å². The number of carbonyl (C=O) groups is 1. The molecule has 5 nitrogen and oxygen atoms in total. The lowest BCUT2D eigenvalue weighted by atomic mass is 9.74. The van der Waals surface area contributed by atoms with Gasteiger partial charge in [0, 0.05) is 6.54 Å². The van der Waals surface area contributed by atoms with E-state index in [0.29, 0.717) is 0 Å². The number of carbonyl (C=O) groups excluding carboxylic acids is 1. The number of nitrogens with one attached hydrogen (secondary N) is 1. The highest BCUT2D eigenvalue weighted by molar-refractivity contribution is 5.86. The van der Waals surface area contributed by atoms with Gasteiger partial charge in [-0.1, -0.05) is 6.42 Å². The van der Waals surface area contributed by atoms with E-state index in [1.807, 2.05) is 0 Å². The van der Waals surface area contributed by atoms with Gasteiger partial charge in [-0.25, -0.2) is 0 Å². The normalized spacial score (nSPS) is 38.2. The highest BCUT2D eigenvalue weighted by Gasteiger charge is 2.55. The van der Waals surface area contributed by atoms with Crippen molar-refractivity contribution in [1.82, 2.24) is 5.32 Å². The molecule has 0 heterocycles. The first-order chi connectivity index (χ1) is 8.46. The zero-order valence-corrected chi connectivity index (χ0v) is 10.8. The number of hydrogen-bond donors (Lipinski definition) is 4. The molecule has 0 aromatic carbocycles. The van der Waals surface area contributed by atoms with Gasteiger partial charge >= 0.3 is 0 Å². The molecule has 2 aliphatic carbocycles. The van der Waals surface area contributed by atoms with E-state index in [0.717, 1.165) is 32.1 Å². The van der Waals surface area contributed by atoms with E-state index >= 15 is 0 Å². The maximum atomic E-state index is 12.2. The largest absolute Gasteiger partial charge is 0.391 e. The highest BCUT2D eigenvalue weighted by Crippen LogP contribution is 2.49. The Hall–Kier alpha value is -0.650. The molecule has 0 radical (unpaired) electrons. The third-order valence-electron chi connectivity index (χ3n) is 4.61. The topological polar surface area (TPSA) is 89.8 Å². The van der Waals surface area contributed by atoms with Gasteiger partial charge in [0.25, 0.3) is 5.91 Å². The van der Waals surface area contributed by atoms with Gasteiger partial charge in [-0.3, -0.25) is 4.79 Å². The molecule has 0 spiro atoms. The van der Waals surface area contributed by atoms with Gasteiger partial charge in [0.1, 0.15) is 5.60 Å². The number of fused-ring (bicyclic) bond motifs is 2. The fourth-order valence-electron chi connectivity index (χ4n) is 3.40. The van der Waals surface area contributed by atoms with Crippen molar-refractivity contribution in [2.45, 2.75) is 56.8 Å². The van der Waals surface area contributed by atoms with Crippen LogP contribution in [-0.2, 0) is 4.79 Å². The van der Waals surface area contributed by atoms with Crippen LogP contribution in [-0.4, -0.2) is 45.6 Å². The van der Waals surface area contributed by atoms with Crippen molar-refractivity contribution >= 4 is 5.91 Å². The number of aliphatic hydroxyl groups excluding tert-OH is 2.